The first-order valence-electron chi connectivity index (χ1n) is 5.75. The molecule has 1 fully saturated rings. The number of carbonyl (C=O) groups is 1. The Morgan fingerprint density at radius 3 is 2.88 bits per heavy atom. The molecule has 1 atom stereocenters. The Balaban J connectivity index is 2.22. The van der Waals surface area contributed by atoms with Gasteiger partial charge >= 0.3 is 0 Å². The third-order valence-electron chi connectivity index (χ3n) is 2.94. The number of hydrogen-bond acceptors (Lipinski definition) is 3. The second-order valence-corrected chi connectivity index (χ2v) is 5.20. The second-order valence-electron chi connectivity index (χ2n) is 4.35. The topological polar surface area (TPSA) is 29.5 Å². The van der Waals surface area contributed by atoms with Gasteiger partial charge in [-0.2, -0.15) is 0 Å². The van der Waals surface area contributed by atoms with Crippen molar-refractivity contribution in [2.75, 3.05) is 24.6 Å². The number of nitrogens with zero attached hydrogens (tertiary/aromatic N) is 1. The first-order chi connectivity index (χ1) is 8.08. The van der Waals surface area contributed by atoms with E-state index >= 15 is 0 Å². The molecular weight excluding hydrogens is 282 g/mol. The quantitative estimate of drug-likeness (QED) is 0.786. The zero-order chi connectivity index (χ0) is 12.4. The van der Waals surface area contributed by atoms with E-state index in [0.29, 0.717) is 0 Å². The van der Waals surface area contributed by atoms with Crippen LogP contribution in [0, 0.1) is 0 Å². The van der Waals surface area contributed by atoms with Crippen LogP contribution in [-0.4, -0.2) is 31.6 Å². The summed E-state index contributed by atoms with van der Waals surface area (Å²) in [7, 11) is 0. The summed E-state index contributed by atoms with van der Waals surface area (Å²) in [5, 5.41) is 0. The first kappa shape index (κ1) is 12.6. The summed E-state index contributed by atoms with van der Waals surface area (Å²) in [6.07, 6.45) is 0.259. The molecule has 4 heteroatoms. The van der Waals surface area contributed by atoms with Crippen molar-refractivity contribution in [3.63, 3.8) is 0 Å². The number of anilines is 1. The van der Waals surface area contributed by atoms with E-state index in [0.717, 1.165) is 35.4 Å². The summed E-state index contributed by atoms with van der Waals surface area (Å²) in [6, 6.07) is 5.89. The predicted molar refractivity (Wildman–Crippen MR) is 71.8 cm³/mol. The van der Waals surface area contributed by atoms with E-state index in [-0.39, 0.29) is 11.9 Å². The fraction of sp³-hybridized carbons (Fsp3) is 0.462. The number of Topliss-reactive ketones (excluding diaryl/α,β-unsaturated/α-hetero) is 1. The maximum Gasteiger partial charge on any atom is 0.160 e. The second kappa shape index (κ2) is 5.19. The third kappa shape index (κ3) is 2.87. The Kier molecular flexibility index (Phi) is 3.84. The van der Waals surface area contributed by atoms with E-state index in [1.807, 2.05) is 18.2 Å². The van der Waals surface area contributed by atoms with Crippen molar-refractivity contribution < 1.29 is 9.53 Å². The highest BCUT2D eigenvalue weighted by atomic mass is 79.9. The molecule has 3 nitrogen and oxygen atoms in total. The molecule has 0 saturated carbocycles. The van der Waals surface area contributed by atoms with Gasteiger partial charge < -0.3 is 9.64 Å². The van der Waals surface area contributed by atoms with Gasteiger partial charge in [-0.05, 0) is 48.0 Å². The maximum absolute atomic E-state index is 11.3. The highest BCUT2D eigenvalue weighted by molar-refractivity contribution is 9.10. The van der Waals surface area contributed by atoms with Gasteiger partial charge in [-0.25, -0.2) is 0 Å². The van der Waals surface area contributed by atoms with Crippen LogP contribution >= 0.6 is 15.9 Å². The van der Waals surface area contributed by atoms with Crippen LogP contribution in [0.25, 0.3) is 0 Å². The number of rotatable bonds is 2. The van der Waals surface area contributed by atoms with Gasteiger partial charge in [0.2, 0.25) is 0 Å². The van der Waals surface area contributed by atoms with E-state index in [9.17, 15) is 4.79 Å². The Bertz CT molecular complexity index is 433. The average Bonchev–Trinajstić information content (AvgIpc) is 2.28. The van der Waals surface area contributed by atoms with Gasteiger partial charge in [0.25, 0.3) is 0 Å². The van der Waals surface area contributed by atoms with E-state index in [1.54, 1.807) is 6.92 Å². The summed E-state index contributed by atoms with van der Waals surface area (Å²) >= 11 is 3.45. The van der Waals surface area contributed by atoms with Crippen LogP contribution in [0.5, 0.6) is 0 Å². The molecule has 1 saturated heterocycles. The minimum atomic E-state index is 0.0822. The van der Waals surface area contributed by atoms with Crippen molar-refractivity contribution in [1.82, 2.24) is 0 Å². The number of morpholine rings is 1. The highest BCUT2D eigenvalue weighted by Crippen LogP contribution is 2.25. The highest BCUT2D eigenvalue weighted by Gasteiger charge is 2.18. The molecule has 1 aromatic carbocycles. The maximum atomic E-state index is 11.3. The Morgan fingerprint density at radius 2 is 2.29 bits per heavy atom. The number of ketones is 1. The Labute approximate surface area is 110 Å². The van der Waals surface area contributed by atoms with Crippen molar-refractivity contribution >= 4 is 27.4 Å². The monoisotopic (exact) mass is 297 g/mol. The molecule has 1 aromatic rings. The van der Waals surface area contributed by atoms with Gasteiger partial charge in [-0.3, -0.25) is 4.79 Å². The molecule has 1 aliphatic heterocycles. The van der Waals surface area contributed by atoms with Crippen LogP contribution in [0.4, 0.5) is 5.69 Å². The fourth-order valence-electron chi connectivity index (χ4n) is 2.04. The molecule has 0 bridgehead atoms. The lowest BCUT2D eigenvalue weighted by Crippen LogP contribution is -2.41. The summed E-state index contributed by atoms with van der Waals surface area (Å²) in [5.41, 5.74) is 1.87. The molecule has 1 aliphatic rings. The van der Waals surface area contributed by atoms with E-state index in [2.05, 4.69) is 27.8 Å². The minimum Gasteiger partial charge on any atom is -0.375 e. The van der Waals surface area contributed by atoms with Gasteiger partial charge in [0.1, 0.15) is 0 Å². The molecule has 92 valence electrons. The lowest BCUT2D eigenvalue weighted by molar-refractivity contribution is 0.0532. The molecule has 1 heterocycles. The SMILES string of the molecule is CC(=O)c1ccc(N2CCOC(C)C2)cc1Br. The lowest BCUT2D eigenvalue weighted by atomic mass is 10.1. The molecule has 1 unspecified atom stereocenters. The Hall–Kier alpha value is -0.870. The van der Waals surface area contributed by atoms with Crippen LogP contribution in [0.1, 0.15) is 24.2 Å². The molecular formula is C13H16BrNO2. The summed E-state index contributed by atoms with van der Waals surface area (Å²) in [6.45, 7) is 6.21. The molecule has 0 spiro atoms. The number of halogens is 1. The van der Waals surface area contributed by atoms with Crippen LogP contribution in [0.15, 0.2) is 22.7 Å². The van der Waals surface area contributed by atoms with Crippen molar-refractivity contribution in [2.24, 2.45) is 0 Å². The molecule has 0 aromatic heterocycles. The molecule has 2 rings (SSSR count). The number of hydrogen-bond donors (Lipinski definition) is 0. The summed E-state index contributed by atoms with van der Waals surface area (Å²) < 4.78 is 6.38. The molecule has 0 amide bonds. The van der Waals surface area contributed by atoms with Gasteiger partial charge in [-0.15, -0.1) is 0 Å². The van der Waals surface area contributed by atoms with E-state index in [4.69, 9.17) is 4.74 Å². The number of benzene rings is 1. The molecule has 0 aliphatic carbocycles. The van der Waals surface area contributed by atoms with Gasteiger partial charge in [-0.1, -0.05) is 0 Å². The minimum absolute atomic E-state index is 0.0822. The van der Waals surface area contributed by atoms with Crippen LogP contribution < -0.4 is 4.90 Å². The Morgan fingerprint density at radius 1 is 1.53 bits per heavy atom. The van der Waals surface area contributed by atoms with Gasteiger partial charge in [0, 0.05) is 28.8 Å². The summed E-state index contributed by atoms with van der Waals surface area (Å²) in [4.78, 5) is 13.6. The number of carbonyl (C=O) groups excluding carboxylic acids is 1. The van der Waals surface area contributed by atoms with Gasteiger partial charge in [0.15, 0.2) is 5.78 Å². The third-order valence-corrected chi connectivity index (χ3v) is 3.59. The van der Waals surface area contributed by atoms with Crippen LogP contribution in [0.3, 0.4) is 0 Å². The van der Waals surface area contributed by atoms with Crippen molar-refractivity contribution in [1.29, 1.82) is 0 Å². The average molecular weight is 298 g/mol. The molecule has 17 heavy (non-hydrogen) atoms. The first-order valence-corrected chi connectivity index (χ1v) is 6.54. The summed E-state index contributed by atoms with van der Waals surface area (Å²) in [5.74, 6) is 0.0822. The van der Waals surface area contributed by atoms with E-state index in [1.165, 1.54) is 0 Å². The standard InChI is InChI=1S/C13H16BrNO2/c1-9-8-15(5-6-17-9)11-3-4-12(10(2)16)13(14)7-11/h3-4,7,9H,5-6,8H2,1-2H3. The molecule has 0 N–H and O–H groups in total. The fourth-order valence-corrected chi connectivity index (χ4v) is 2.69. The number of ether oxygens (including phenoxy) is 1. The van der Waals surface area contributed by atoms with Crippen LogP contribution in [-0.2, 0) is 4.74 Å². The predicted octanol–water partition coefficient (Wildman–Crippen LogP) is 2.88. The van der Waals surface area contributed by atoms with Crippen molar-refractivity contribution in [3.8, 4) is 0 Å². The smallest absolute Gasteiger partial charge is 0.160 e. The van der Waals surface area contributed by atoms with Crippen molar-refractivity contribution in [2.45, 2.75) is 20.0 Å². The lowest BCUT2D eigenvalue weighted by Gasteiger charge is -2.33. The van der Waals surface area contributed by atoms with Crippen LogP contribution in [0.2, 0.25) is 0 Å². The molecule has 0 radical (unpaired) electrons. The zero-order valence-electron chi connectivity index (χ0n) is 10.1. The largest absolute Gasteiger partial charge is 0.375 e. The van der Waals surface area contributed by atoms with Crippen molar-refractivity contribution in [3.05, 3.63) is 28.2 Å². The van der Waals surface area contributed by atoms with E-state index < -0.39 is 0 Å². The van der Waals surface area contributed by atoms with Gasteiger partial charge in [0.05, 0.1) is 12.7 Å². The zero-order valence-corrected chi connectivity index (χ0v) is 11.7. The normalized spacial score (nSPS) is 20.4.